The monoisotopic (exact) mass is 337 g/mol. The minimum Gasteiger partial charge on any atom is -0.496 e. The molecule has 0 amide bonds. The highest BCUT2D eigenvalue weighted by molar-refractivity contribution is 9.10. The van der Waals surface area contributed by atoms with Crippen molar-refractivity contribution in [1.82, 2.24) is 4.98 Å². The number of pyridine rings is 1. The van der Waals surface area contributed by atoms with Gasteiger partial charge in [-0.05, 0) is 39.7 Å². The molecular formula is C14H12BrNO4. The van der Waals surface area contributed by atoms with E-state index in [1.807, 2.05) is 0 Å². The molecule has 0 saturated heterocycles. The molecule has 0 unspecified atom stereocenters. The lowest BCUT2D eigenvalue weighted by atomic mass is 10.1. The maximum atomic E-state index is 11.1. The molecule has 1 N–H and O–H groups in total. The summed E-state index contributed by atoms with van der Waals surface area (Å²) in [7, 11) is 1.44. The van der Waals surface area contributed by atoms with Crippen LogP contribution < -0.4 is 9.47 Å². The van der Waals surface area contributed by atoms with Crippen LogP contribution in [0.15, 0.2) is 41.1 Å². The third-order valence-electron chi connectivity index (χ3n) is 2.58. The van der Waals surface area contributed by atoms with Crippen molar-refractivity contribution in [3.63, 3.8) is 0 Å². The van der Waals surface area contributed by atoms with E-state index in [9.17, 15) is 4.79 Å². The Bertz CT molecular complexity index is 630. The standard InChI is InChI=1S/C14H12BrNO4/c1-19-13-3-2-9(4-12(13)14(17)18)8-20-11-5-10(15)6-16-7-11/h2-7H,8H2,1H3,(H,17,18). The van der Waals surface area contributed by atoms with Gasteiger partial charge in [0.05, 0.1) is 13.3 Å². The van der Waals surface area contributed by atoms with Gasteiger partial charge in [-0.15, -0.1) is 0 Å². The third kappa shape index (κ3) is 3.48. The Hall–Kier alpha value is -2.08. The van der Waals surface area contributed by atoms with Crippen molar-refractivity contribution in [2.24, 2.45) is 0 Å². The van der Waals surface area contributed by atoms with Gasteiger partial charge in [0, 0.05) is 10.7 Å². The van der Waals surface area contributed by atoms with E-state index in [-0.39, 0.29) is 12.2 Å². The fraction of sp³-hybridized carbons (Fsp3) is 0.143. The molecule has 20 heavy (non-hydrogen) atoms. The molecular weight excluding hydrogens is 326 g/mol. The summed E-state index contributed by atoms with van der Waals surface area (Å²) in [5.74, 6) is -0.106. The van der Waals surface area contributed by atoms with Gasteiger partial charge in [-0.2, -0.15) is 0 Å². The molecule has 104 valence electrons. The highest BCUT2D eigenvalue weighted by atomic mass is 79.9. The second kappa shape index (κ2) is 6.38. The lowest BCUT2D eigenvalue weighted by Crippen LogP contribution is -2.03. The highest BCUT2D eigenvalue weighted by Crippen LogP contribution is 2.22. The number of benzene rings is 1. The molecule has 0 aliphatic carbocycles. The number of methoxy groups -OCH3 is 1. The van der Waals surface area contributed by atoms with Crippen LogP contribution >= 0.6 is 15.9 Å². The molecule has 0 bridgehead atoms. The number of aromatic carboxylic acids is 1. The quantitative estimate of drug-likeness (QED) is 0.907. The Morgan fingerprint density at radius 1 is 1.35 bits per heavy atom. The first-order chi connectivity index (χ1) is 9.60. The second-order valence-corrected chi connectivity index (χ2v) is 4.88. The Labute approximate surface area is 124 Å². The Morgan fingerprint density at radius 3 is 2.80 bits per heavy atom. The van der Waals surface area contributed by atoms with E-state index in [0.717, 1.165) is 10.0 Å². The number of ether oxygens (including phenoxy) is 2. The number of hydrogen-bond donors (Lipinski definition) is 1. The first-order valence-corrected chi connectivity index (χ1v) is 6.53. The molecule has 5 nitrogen and oxygen atoms in total. The van der Waals surface area contributed by atoms with Gasteiger partial charge in [0.2, 0.25) is 0 Å². The minimum absolute atomic E-state index is 0.112. The van der Waals surface area contributed by atoms with Crippen LogP contribution in [0.5, 0.6) is 11.5 Å². The summed E-state index contributed by atoms with van der Waals surface area (Å²) in [5.41, 5.74) is 0.851. The predicted molar refractivity (Wildman–Crippen MR) is 76.2 cm³/mol. The summed E-state index contributed by atoms with van der Waals surface area (Å²) < 4.78 is 11.4. The van der Waals surface area contributed by atoms with Crippen molar-refractivity contribution >= 4 is 21.9 Å². The Kier molecular flexibility index (Phi) is 4.57. The van der Waals surface area contributed by atoms with Crippen LogP contribution in [0.2, 0.25) is 0 Å². The van der Waals surface area contributed by atoms with Gasteiger partial charge in [-0.1, -0.05) is 6.07 Å². The normalized spacial score (nSPS) is 10.1. The summed E-state index contributed by atoms with van der Waals surface area (Å²) in [6.45, 7) is 0.252. The molecule has 0 aliphatic heterocycles. The van der Waals surface area contributed by atoms with Gasteiger partial charge in [-0.25, -0.2) is 4.79 Å². The molecule has 0 atom stereocenters. The lowest BCUT2D eigenvalue weighted by Gasteiger charge is -2.09. The van der Waals surface area contributed by atoms with E-state index in [1.165, 1.54) is 13.2 Å². The van der Waals surface area contributed by atoms with Crippen molar-refractivity contribution in [1.29, 1.82) is 0 Å². The topological polar surface area (TPSA) is 68.7 Å². The number of rotatable bonds is 5. The number of carboxylic acids is 1. The van der Waals surface area contributed by atoms with E-state index >= 15 is 0 Å². The van der Waals surface area contributed by atoms with Gasteiger partial charge in [-0.3, -0.25) is 4.98 Å². The molecule has 1 aromatic heterocycles. The summed E-state index contributed by atoms with van der Waals surface area (Å²) >= 11 is 3.30. The summed E-state index contributed by atoms with van der Waals surface area (Å²) in [6, 6.07) is 6.69. The summed E-state index contributed by atoms with van der Waals surface area (Å²) in [6.07, 6.45) is 3.25. The number of halogens is 1. The van der Waals surface area contributed by atoms with Crippen molar-refractivity contribution in [3.05, 3.63) is 52.3 Å². The minimum atomic E-state index is -1.03. The van der Waals surface area contributed by atoms with Gasteiger partial charge >= 0.3 is 5.97 Å². The maximum Gasteiger partial charge on any atom is 0.339 e. The average molecular weight is 338 g/mol. The largest absolute Gasteiger partial charge is 0.496 e. The molecule has 1 aromatic carbocycles. The van der Waals surface area contributed by atoms with Crippen LogP contribution in [0.4, 0.5) is 0 Å². The van der Waals surface area contributed by atoms with E-state index in [0.29, 0.717) is 11.5 Å². The van der Waals surface area contributed by atoms with Crippen LogP contribution in [0.3, 0.4) is 0 Å². The fourth-order valence-corrected chi connectivity index (χ4v) is 1.99. The molecule has 0 saturated carbocycles. The van der Waals surface area contributed by atoms with Crippen LogP contribution in [-0.4, -0.2) is 23.2 Å². The van der Waals surface area contributed by atoms with E-state index in [4.69, 9.17) is 14.6 Å². The lowest BCUT2D eigenvalue weighted by molar-refractivity contribution is 0.0693. The Balaban J connectivity index is 2.14. The SMILES string of the molecule is COc1ccc(COc2cncc(Br)c2)cc1C(=O)O. The van der Waals surface area contributed by atoms with Crippen molar-refractivity contribution in [3.8, 4) is 11.5 Å². The van der Waals surface area contributed by atoms with Gasteiger partial charge < -0.3 is 14.6 Å². The zero-order chi connectivity index (χ0) is 14.5. The zero-order valence-electron chi connectivity index (χ0n) is 10.7. The van der Waals surface area contributed by atoms with Gasteiger partial charge in [0.1, 0.15) is 23.7 Å². The van der Waals surface area contributed by atoms with Crippen molar-refractivity contribution in [2.45, 2.75) is 6.61 Å². The van der Waals surface area contributed by atoms with Crippen LogP contribution in [0.25, 0.3) is 0 Å². The molecule has 6 heteroatoms. The zero-order valence-corrected chi connectivity index (χ0v) is 12.3. The first-order valence-electron chi connectivity index (χ1n) is 5.73. The Morgan fingerprint density at radius 2 is 2.15 bits per heavy atom. The molecule has 2 aromatic rings. The van der Waals surface area contributed by atoms with E-state index in [1.54, 1.807) is 30.6 Å². The first kappa shape index (κ1) is 14.3. The highest BCUT2D eigenvalue weighted by Gasteiger charge is 2.11. The molecule has 0 fully saturated rings. The molecule has 0 radical (unpaired) electrons. The molecule has 2 rings (SSSR count). The molecule has 1 heterocycles. The number of hydrogen-bond acceptors (Lipinski definition) is 4. The average Bonchev–Trinajstić information content (AvgIpc) is 2.45. The van der Waals surface area contributed by atoms with Crippen molar-refractivity contribution < 1.29 is 19.4 Å². The molecule has 0 aliphatic rings. The predicted octanol–water partition coefficient (Wildman–Crippen LogP) is 3.13. The van der Waals surface area contributed by atoms with E-state index < -0.39 is 5.97 Å². The summed E-state index contributed by atoms with van der Waals surface area (Å²) in [4.78, 5) is 15.1. The van der Waals surface area contributed by atoms with Crippen LogP contribution in [0, 0.1) is 0 Å². The summed E-state index contributed by atoms with van der Waals surface area (Å²) in [5, 5.41) is 9.11. The number of carbonyl (C=O) groups is 1. The number of nitrogens with zero attached hydrogens (tertiary/aromatic N) is 1. The second-order valence-electron chi connectivity index (χ2n) is 3.97. The fourth-order valence-electron chi connectivity index (χ4n) is 1.65. The van der Waals surface area contributed by atoms with E-state index in [2.05, 4.69) is 20.9 Å². The van der Waals surface area contributed by atoms with Crippen LogP contribution in [-0.2, 0) is 6.61 Å². The van der Waals surface area contributed by atoms with Crippen molar-refractivity contribution in [2.75, 3.05) is 7.11 Å². The smallest absolute Gasteiger partial charge is 0.339 e. The van der Waals surface area contributed by atoms with Crippen LogP contribution in [0.1, 0.15) is 15.9 Å². The number of carboxylic acid groups (broad SMARTS) is 1. The van der Waals surface area contributed by atoms with Gasteiger partial charge in [0.25, 0.3) is 0 Å². The molecule has 0 spiro atoms. The van der Waals surface area contributed by atoms with Gasteiger partial charge in [0.15, 0.2) is 0 Å². The maximum absolute atomic E-state index is 11.1. The third-order valence-corrected chi connectivity index (χ3v) is 3.01. The number of aromatic nitrogens is 1.